The van der Waals surface area contributed by atoms with Gasteiger partial charge in [0.2, 0.25) is 0 Å². The summed E-state index contributed by atoms with van der Waals surface area (Å²) < 4.78 is 1.04. The molecule has 2 atom stereocenters. The van der Waals surface area contributed by atoms with Crippen molar-refractivity contribution in [2.75, 3.05) is 0 Å². The number of rotatable bonds is 4. The molecule has 0 aliphatic heterocycles. The van der Waals surface area contributed by atoms with Crippen LogP contribution in [-0.2, 0) is 0 Å². The first-order valence-electron chi connectivity index (χ1n) is 3.98. The summed E-state index contributed by atoms with van der Waals surface area (Å²) >= 11 is 2.57. The second-order valence-corrected chi connectivity index (χ2v) is 4.61. The second-order valence-electron chi connectivity index (χ2n) is 3.01. The van der Waals surface area contributed by atoms with Gasteiger partial charge in [0.1, 0.15) is 0 Å². The fraction of sp³-hybridized carbons (Fsp3) is 1.00. The monoisotopic (exact) mass is 238 g/mol. The van der Waals surface area contributed by atoms with Crippen molar-refractivity contribution < 1.29 is 0 Å². The van der Waals surface area contributed by atoms with Crippen molar-refractivity contribution in [3.05, 3.63) is 0 Å². The summed E-state index contributed by atoms with van der Waals surface area (Å²) in [5.41, 5.74) is 0. The van der Waals surface area contributed by atoms with Crippen molar-refractivity contribution in [3.8, 4) is 0 Å². The van der Waals surface area contributed by atoms with Gasteiger partial charge >= 0.3 is 0 Å². The summed E-state index contributed by atoms with van der Waals surface area (Å²) in [5.74, 6) is 1.11. The Labute approximate surface area is 71.5 Å². The van der Waals surface area contributed by atoms with Crippen LogP contribution < -0.4 is 0 Å². The van der Waals surface area contributed by atoms with Crippen LogP contribution in [0.1, 0.15) is 39.0 Å². The molecule has 0 N–H and O–H groups in total. The van der Waals surface area contributed by atoms with Gasteiger partial charge in [-0.15, -0.1) is 0 Å². The molecule has 0 aromatic carbocycles. The highest BCUT2D eigenvalue weighted by molar-refractivity contribution is 14.1. The molecular weight excluding hydrogens is 223 g/mol. The van der Waals surface area contributed by atoms with Crippen LogP contribution in [0.2, 0.25) is 0 Å². The van der Waals surface area contributed by atoms with Gasteiger partial charge in [-0.05, 0) is 18.8 Å². The van der Waals surface area contributed by atoms with Gasteiger partial charge in [0.25, 0.3) is 0 Å². The Morgan fingerprint density at radius 3 is 2.56 bits per heavy atom. The molecule has 1 heteroatoms. The van der Waals surface area contributed by atoms with E-state index < -0.39 is 0 Å². The maximum atomic E-state index is 2.57. The summed E-state index contributed by atoms with van der Waals surface area (Å²) in [6.07, 6.45) is 7.30. The lowest BCUT2D eigenvalue weighted by atomic mass is 10.1. The molecule has 0 saturated heterocycles. The zero-order valence-corrected chi connectivity index (χ0v) is 8.23. The van der Waals surface area contributed by atoms with Crippen molar-refractivity contribution in [1.82, 2.24) is 0 Å². The molecule has 1 rings (SSSR count). The van der Waals surface area contributed by atoms with Crippen LogP contribution >= 0.6 is 22.6 Å². The normalized spacial score (nSPS) is 32.7. The highest BCUT2D eigenvalue weighted by Gasteiger charge is 2.32. The average molecular weight is 238 g/mol. The van der Waals surface area contributed by atoms with Gasteiger partial charge in [-0.25, -0.2) is 0 Å². The first kappa shape index (κ1) is 7.83. The van der Waals surface area contributed by atoms with Crippen LogP contribution in [0.3, 0.4) is 0 Å². The van der Waals surface area contributed by atoms with Crippen LogP contribution in [0.25, 0.3) is 0 Å². The minimum Gasteiger partial charge on any atom is -0.0823 e. The number of alkyl halides is 1. The molecule has 1 aliphatic rings. The van der Waals surface area contributed by atoms with E-state index in [1.807, 2.05) is 0 Å². The minimum atomic E-state index is 1.04. The smallest absolute Gasteiger partial charge is 0.0141 e. The Hall–Kier alpha value is 0.730. The average Bonchev–Trinajstić information content (AvgIpc) is 2.48. The van der Waals surface area contributed by atoms with Crippen molar-refractivity contribution in [3.63, 3.8) is 0 Å². The minimum absolute atomic E-state index is 1.04. The molecule has 0 aromatic rings. The van der Waals surface area contributed by atoms with E-state index in [2.05, 4.69) is 29.5 Å². The van der Waals surface area contributed by atoms with Gasteiger partial charge in [-0.1, -0.05) is 48.8 Å². The summed E-state index contributed by atoms with van der Waals surface area (Å²) in [5, 5.41) is 0. The van der Waals surface area contributed by atoms with E-state index in [0.717, 1.165) is 9.84 Å². The van der Waals surface area contributed by atoms with Crippen molar-refractivity contribution in [2.45, 2.75) is 43.0 Å². The van der Waals surface area contributed by atoms with Gasteiger partial charge in [0.05, 0.1) is 0 Å². The van der Waals surface area contributed by atoms with E-state index in [4.69, 9.17) is 0 Å². The molecule has 1 saturated carbocycles. The Bertz CT molecular complexity index is 80.6. The fourth-order valence-corrected chi connectivity index (χ4v) is 2.18. The molecule has 0 bridgehead atoms. The molecule has 0 radical (unpaired) electrons. The van der Waals surface area contributed by atoms with E-state index >= 15 is 0 Å². The van der Waals surface area contributed by atoms with Crippen LogP contribution in [0, 0.1) is 5.92 Å². The van der Waals surface area contributed by atoms with Gasteiger partial charge < -0.3 is 0 Å². The maximum Gasteiger partial charge on any atom is 0.0141 e. The Morgan fingerprint density at radius 1 is 1.44 bits per heavy atom. The number of halogens is 1. The third-order valence-corrected chi connectivity index (χ3v) is 3.54. The third kappa shape index (κ3) is 2.87. The highest BCUT2D eigenvalue weighted by atomic mass is 127. The van der Waals surface area contributed by atoms with E-state index in [-0.39, 0.29) is 0 Å². The molecule has 54 valence electrons. The predicted molar refractivity (Wildman–Crippen MR) is 50.1 cm³/mol. The number of unbranched alkanes of at least 4 members (excludes halogenated alkanes) is 2. The summed E-state index contributed by atoms with van der Waals surface area (Å²) in [6, 6.07) is 0. The quantitative estimate of drug-likeness (QED) is 0.400. The molecule has 9 heavy (non-hydrogen) atoms. The maximum absolute atomic E-state index is 2.57. The van der Waals surface area contributed by atoms with Gasteiger partial charge in [0.15, 0.2) is 0 Å². The first-order valence-corrected chi connectivity index (χ1v) is 5.23. The van der Waals surface area contributed by atoms with E-state index in [1.165, 1.54) is 32.1 Å². The third-order valence-electron chi connectivity index (χ3n) is 2.01. The van der Waals surface area contributed by atoms with E-state index in [0.29, 0.717) is 0 Å². The van der Waals surface area contributed by atoms with E-state index in [1.54, 1.807) is 0 Å². The Balaban J connectivity index is 1.83. The standard InChI is InChI=1S/C8H15I/c1-2-3-4-5-7-6-8(7)9/h7-8H,2-6H2,1H3. The zero-order valence-electron chi connectivity index (χ0n) is 6.07. The van der Waals surface area contributed by atoms with Crippen molar-refractivity contribution in [1.29, 1.82) is 0 Å². The fourth-order valence-electron chi connectivity index (χ4n) is 1.17. The van der Waals surface area contributed by atoms with Gasteiger partial charge in [-0.2, -0.15) is 0 Å². The van der Waals surface area contributed by atoms with Crippen LogP contribution in [0.15, 0.2) is 0 Å². The van der Waals surface area contributed by atoms with E-state index in [9.17, 15) is 0 Å². The molecule has 0 aromatic heterocycles. The lowest BCUT2D eigenvalue weighted by Crippen LogP contribution is -1.80. The SMILES string of the molecule is CCCCCC1CC1I. The topological polar surface area (TPSA) is 0 Å². The Morgan fingerprint density at radius 2 is 2.11 bits per heavy atom. The molecule has 0 nitrogen and oxygen atoms in total. The molecule has 0 spiro atoms. The zero-order chi connectivity index (χ0) is 6.69. The van der Waals surface area contributed by atoms with Crippen LogP contribution in [0.5, 0.6) is 0 Å². The molecule has 0 amide bonds. The lowest BCUT2D eigenvalue weighted by molar-refractivity contribution is 0.623. The molecule has 1 fully saturated rings. The van der Waals surface area contributed by atoms with Gasteiger partial charge in [0, 0.05) is 3.92 Å². The number of hydrogen-bond donors (Lipinski definition) is 0. The molecular formula is C8H15I. The first-order chi connectivity index (χ1) is 4.34. The molecule has 2 unspecified atom stereocenters. The van der Waals surface area contributed by atoms with Crippen molar-refractivity contribution in [2.24, 2.45) is 5.92 Å². The largest absolute Gasteiger partial charge is 0.0823 e. The lowest BCUT2D eigenvalue weighted by Gasteiger charge is -1.93. The molecule has 0 heterocycles. The predicted octanol–water partition coefficient (Wildman–Crippen LogP) is 3.39. The summed E-state index contributed by atoms with van der Waals surface area (Å²) in [7, 11) is 0. The van der Waals surface area contributed by atoms with Crippen molar-refractivity contribution >= 4 is 22.6 Å². The second kappa shape index (κ2) is 3.79. The summed E-state index contributed by atoms with van der Waals surface area (Å²) in [6.45, 7) is 2.27. The highest BCUT2D eigenvalue weighted by Crippen LogP contribution is 2.41. The van der Waals surface area contributed by atoms with Crippen LogP contribution in [0.4, 0.5) is 0 Å². The molecule has 1 aliphatic carbocycles. The van der Waals surface area contributed by atoms with Gasteiger partial charge in [-0.3, -0.25) is 0 Å². The Kier molecular flexibility index (Phi) is 3.30. The number of hydrogen-bond acceptors (Lipinski definition) is 0. The van der Waals surface area contributed by atoms with Crippen LogP contribution in [-0.4, -0.2) is 3.92 Å². The summed E-state index contributed by atoms with van der Waals surface area (Å²) in [4.78, 5) is 0.